The molecule has 1 heterocycles. The molecule has 2 N–H and O–H groups in total. The molecule has 0 saturated heterocycles. The van der Waals surface area contributed by atoms with Gasteiger partial charge in [0.15, 0.2) is 5.96 Å². The first-order valence-electron chi connectivity index (χ1n) is 8.75. The van der Waals surface area contributed by atoms with E-state index in [0.717, 1.165) is 43.4 Å². The van der Waals surface area contributed by atoms with E-state index < -0.39 is 0 Å². The third-order valence-corrected chi connectivity index (χ3v) is 5.11. The molecule has 0 radical (unpaired) electrons. The SMILES string of the molecule is CCc1cnc(CNC(=NC)NC(C)CCCN(CC)CC)s1. The summed E-state index contributed by atoms with van der Waals surface area (Å²) < 4.78 is 0. The predicted octanol–water partition coefficient (Wildman–Crippen LogP) is 2.88. The van der Waals surface area contributed by atoms with Gasteiger partial charge in [-0.05, 0) is 45.8 Å². The fourth-order valence-electron chi connectivity index (χ4n) is 2.41. The van der Waals surface area contributed by atoms with Crippen LogP contribution in [0.15, 0.2) is 11.2 Å². The first-order chi connectivity index (χ1) is 11.1. The fourth-order valence-corrected chi connectivity index (χ4v) is 3.22. The molecule has 1 aromatic heterocycles. The minimum absolute atomic E-state index is 0.416. The van der Waals surface area contributed by atoms with Crippen LogP contribution < -0.4 is 10.6 Å². The number of aromatic nitrogens is 1. The highest BCUT2D eigenvalue weighted by molar-refractivity contribution is 7.11. The maximum absolute atomic E-state index is 4.43. The summed E-state index contributed by atoms with van der Waals surface area (Å²) >= 11 is 1.76. The third-order valence-electron chi connectivity index (χ3n) is 3.97. The topological polar surface area (TPSA) is 52.6 Å². The zero-order chi connectivity index (χ0) is 17.1. The molecular formula is C17H33N5S. The van der Waals surface area contributed by atoms with Crippen LogP contribution in [0.4, 0.5) is 0 Å². The van der Waals surface area contributed by atoms with Crippen LogP contribution in [0.25, 0.3) is 0 Å². The Balaban J connectivity index is 2.29. The molecule has 1 atom stereocenters. The van der Waals surface area contributed by atoms with Crippen LogP contribution in [-0.2, 0) is 13.0 Å². The number of aliphatic imine (C=N–C) groups is 1. The fraction of sp³-hybridized carbons (Fsp3) is 0.765. The first-order valence-corrected chi connectivity index (χ1v) is 9.57. The Morgan fingerprint density at radius 3 is 2.65 bits per heavy atom. The lowest BCUT2D eigenvalue weighted by atomic mass is 10.2. The number of hydrogen-bond donors (Lipinski definition) is 2. The molecule has 1 unspecified atom stereocenters. The Morgan fingerprint density at radius 1 is 1.35 bits per heavy atom. The molecule has 1 rings (SSSR count). The van der Waals surface area contributed by atoms with E-state index >= 15 is 0 Å². The molecule has 5 nitrogen and oxygen atoms in total. The Morgan fingerprint density at radius 2 is 2.09 bits per heavy atom. The van der Waals surface area contributed by atoms with Gasteiger partial charge in [0, 0.05) is 24.2 Å². The van der Waals surface area contributed by atoms with Gasteiger partial charge in [0.2, 0.25) is 0 Å². The lowest BCUT2D eigenvalue weighted by molar-refractivity contribution is 0.292. The number of guanidine groups is 1. The summed E-state index contributed by atoms with van der Waals surface area (Å²) in [6.45, 7) is 13.0. The summed E-state index contributed by atoms with van der Waals surface area (Å²) in [5.74, 6) is 0.855. The van der Waals surface area contributed by atoms with Gasteiger partial charge < -0.3 is 15.5 Å². The summed E-state index contributed by atoms with van der Waals surface area (Å²) in [5.41, 5.74) is 0. The Labute approximate surface area is 145 Å². The summed E-state index contributed by atoms with van der Waals surface area (Å²) in [4.78, 5) is 12.5. The van der Waals surface area contributed by atoms with Crippen molar-refractivity contribution >= 4 is 17.3 Å². The Kier molecular flexibility index (Phi) is 9.87. The average Bonchev–Trinajstić information content (AvgIpc) is 3.03. The molecule has 0 aliphatic heterocycles. The van der Waals surface area contributed by atoms with E-state index in [1.54, 1.807) is 11.3 Å². The van der Waals surface area contributed by atoms with Crippen molar-refractivity contribution in [2.75, 3.05) is 26.7 Å². The third kappa shape index (κ3) is 7.79. The Bertz CT molecular complexity index is 454. The molecule has 132 valence electrons. The summed E-state index contributed by atoms with van der Waals surface area (Å²) in [7, 11) is 1.82. The van der Waals surface area contributed by atoms with E-state index in [9.17, 15) is 0 Å². The Hall–Kier alpha value is -1.14. The van der Waals surface area contributed by atoms with Gasteiger partial charge in [-0.3, -0.25) is 4.99 Å². The maximum Gasteiger partial charge on any atom is 0.191 e. The highest BCUT2D eigenvalue weighted by Gasteiger charge is 2.07. The quantitative estimate of drug-likeness (QED) is 0.508. The van der Waals surface area contributed by atoms with Gasteiger partial charge in [-0.1, -0.05) is 20.8 Å². The molecule has 0 spiro atoms. The van der Waals surface area contributed by atoms with Gasteiger partial charge >= 0.3 is 0 Å². The zero-order valence-corrected chi connectivity index (χ0v) is 16.2. The average molecular weight is 340 g/mol. The molecule has 0 aromatic carbocycles. The predicted molar refractivity (Wildman–Crippen MR) is 101 cm³/mol. The minimum Gasteiger partial charge on any atom is -0.354 e. The molecule has 0 saturated carbocycles. The van der Waals surface area contributed by atoms with Crippen molar-refractivity contribution < 1.29 is 0 Å². The van der Waals surface area contributed by atoms with Gasteiger partial charge in [-0.25, -0.2) is 4.98 Å². The second-order valence-corrected chi connectivity index (χ2v) is 6.91. The molecule has 1 aromatic rings. The number of thiazole rings is 1. The standard InChI is InChI=1S/C17H33N5S/c1-6-15-12-19-16(23-15)13-20-17(18-5)21-14(4)10-9-11-22(7-2)8-3/h12,14H,6-11,13H2,1-5H3,(H2,18,20,21). The van der Waals surface area contributed by atoms with Gasteiger partial charge in [-0.2, -0.15) is 0 Å². The molecule has 0 amide bonds. The van der Waals surface area contributed by atoms with Crippen LogP contribution in [0, 0.1) is 0 Å². The van der Waals surface area contributed by atoms with E-state index in [4.69, 9.17) is 0 Å². The van der Waals surface area contributed by atoms with Crippen molar-refractivity contribution in [3.05, 3.63) is 16.1 Å². The lowest BCUT2D eigenvalue weighted by Gasteiger charge is -2.21. The van der Waals surface area contributed by atoms with Gasteiger partial charge in [0.05, 0.1) is 6.54 Å². The van der Waals surface area contributed by atoms with Crippen LogP contribution in [0.2, 0.25) is 0 Å². The van der Waals surface area contributed by atoms with E-state index in [1.165, 1.54) is 17.8 Å². The monoisotopic (exact) mass is 339 g/mol. The van der Waals surface area contributed by atoms with Crippen LogP contribution >= 0.6 is 11.3 Å². The van der Waals surface area contributed by atoms with E-state index in [-0.39, 0.29) is 0 Å². The lowest BCUT2D eigenvalue weighted by Crippen LogP contribution is -2.42. The zero-order valence-electron chi connectivity index (χ0n) is 15.4. The molecule has 0 aliphatic rings. The summed E-state index contributed by atoms with van der Waals surface area (Å²) in [5, 5.41) is 7.93. The highest BCUT2D eigenvalue weighted by atomic mass is 32.1. The molecule has 0 fully saturated rings. The molecule has 23 heavy (non-hydrogen) atoms. The van der Waals surface area contributed by atoms with Gasteiger partial charge in [0.1, 0.15) is 5.01 Å². The van der Waals surface area contributed by atoms with Crippen molar-refractivity contribution in [3.63, 3.8) is 0 Å². The maximum atomic E-state index is 4.43. The van der Waals surface area contributed by atoms with Crippen LogP contribution in [0.1, 0.15) is 50.4 Å². The smallest absolute Gasteiger partial charge is 0.191 e. The van der Waals surface area contributed by atoms with Crippen LogP contribution in [0.3, 0.4) is 0 Å². The van der Waals surface area contributed by atoms with E-state index in [1.807, 2.05) is 13.2 Å². The number of nitrogens with zero attached hydrogens (tertiary/aromatic N) is 3. The number of nitrogens with one attached hydrogen (secondary N) is 2. The van der Waals surface area contributed by atoms with Crippen molar-refractivity contribution in [1.82, 2.24) is 20.5 Å². The summed E-state index contributed by atoms with van der Waals surface area (Å²) in [6, 6.07) is 0.416. The highest BCUT2D eigenvalue weighted by Crippen LogP contribution is 2.12. The first kappa shape index (κ1) is 19.9. The van der Waals surface area contributed by atoms with Crippen molar-refractivity contribution in [3.8, 4) is 0 Å². The van der Waals surface area contributed by atoms with E-state index in [2.05, 4.69) is 53.2 Å². The van der Waals surface area contributed by atoms with Crippen molar-refractivity contribution in [1.29, 1.82) is 0 Å². The van der Waals surface area contributed by atoms with Crippen LogP contribution in [-0.4, -0.2) is 48.6 Å². The molecular weight excluding hydrogens is 306 g/mol. The molecule has 0 bridgehead atoms. The van der Waals surface area contributed by atoms with E-state index in [0.29, 0.717) is 6.04 Å². The minimum atomic E-state index is 0.416. The number of hydrogen-bond acceptors (Lipinski definition) is 4. The molecule has 6 heteroatoms. The summed E-state index contributed by atoms with van der Waals surface area (Å²) in [6.07, 6.45) is 5.37. The van der Waals surface area contributed by atoms with Crippen molar-refractivity contribution in [2.24, 2.45) is 4.99 Å². The normalized spacial score (nSPS) is 13.4. The second-order valence-electron chi connectivity index (χ2n) is 5.71. The van der Waals surface area contributed by atoms with Gasteiger partial charge in [0.25, 0.3) is 0 Å². The number of rotatable bonds is 10. The van der Waals surface area contributed by atoms with Gasteiger partial charge in [-0.15, -0.1) is 11.3 Å². The largest absolute Gasteiger partial charge is 0.354 e. The number of aryl methyl sites for hydroxylation is 1. The van der Waals surface area contributed by atoms with Crippen LogP contribution in [0.5, 0.6) is 0 Å². The molecule has 0 aliphatic carbocycles. The second kappa shape index (κ2) is 11.4. The van der Waals surface area contributed by atoms with Crippen molar-refractivity contribution in [2.45, 2.75) is 59.5 Å².